The van der Waals surface area contributed by atoms with Crippen molar-refractivity contribution in [2.45, 2.75) is 13.3 Å². The number of H-pyrrole nitrogens is 1. The first-order valence-corrected chi connectivity index (χ1v) is 8.71. The first kappa shape index (κ1) is 14.3. The molecule has 1 aliphatic heterocycles. The number of nitrogens with one attached hydrogen (secondary N) is 1. The van der Waals surface area contributed by atoms with Crippen molar-refractivity contribution in [1.82, 2.24) is 9.88 Å². The molecule has 0 fully saturated rings. The normalized spacial score (nSPS) is 15.0. The van der Waals surface area contributed by atoms with E-state index in [-0.39, 0.29) is 5.91 Å². The lowest BCUT2D eigenvalue weighted by Crippen LogP contribution is -2.34. The molecule has 2 aromatic heterocycles. The number of para-hydroxylation sites is 1. The average Bonchev–Trinajstić information content (AvgIpc) is 3.25. The lowest BCUT2D eigenvalue weighted by Gasteiger charge is -2.26. The van der Waals surface area contributed by atoms with Crippen LogP contribution in [0, 0.1) is 6.92 Å². The fourth-order valence-electron chi connectivity index (χ4n) is 3.23. The summed E-state index contributed by atoms with van der Waals surface area (Å²) in [7, 11) is 0. The summed E-state index contributed by atoms with van der Waals surface area (Å²) in [6.07, 6.45) is 5.19. The van der Waals surface area contributed by atoms with E-state index in [1.807, 2.05) is 22.4 Å². The van der Waals surface area contributed by atoms with Crippen LogP contribution in [0.15, 0.2) is 48.0 Å². The van der Waals surface area contributed by atoms with Crippen LogP contribution >= 0.6 is 11.3 Å². The number of aromatic amines is 1. The summed E-state index contributed by atoms with van der Waals surface area (Å²) >= 11 is 1.51. The van der Waals surface area contributed by atoms with Gasteiger partial charge in [0, 0.05) is 35.8 Å². The molecule has 0 radical (unpaired) electrons. The molecule has 1 aromatic carbocycles. The molecule has 0 unspecified atom stereocenters. The summed E-state index contributed by atoms with van der Waals surface area (Å²) in [5.74, 6) is 0.144. The van der Waals surface area contributed by atoms with Gasteiger partial charge in [-0.15, -0.1) is 11.3 Å². The van der Waals surface area contributed by atoms with Gasteiger partial charge < -0.3 is 9.88 Å². The quantitative estimate of drug-likeness (QED) is 0.742. The van der Waals surface area contributed by atoms with Gasteiger partial charge in [0.05, 0.1) is 4.88 Å². The maximum absolute atomic E-state index is 12.4. The highest BCUT2D eigenvalue weighted by atomic mass is 32.1. The predicted octanol–water partition coefficient (Wildman–Crippen LogP) is 4.47. The van der Waals surface area contributed by atoms with Crippen molar-refractivity contribution < 1.29 is 4.79 Å². The van der Waals surface area contributed by atoms with Crippen LogP contribution in [-0.4, -0.2) is 28.9 Å². The number of amides is 1. The van der Waals surface area contributed by atoms with Gasteiger partial charge in [0.25, 0.3) is 5.91 Å². The fourth-order valence-corrected chi connectivity index (χ4v) is 3.92. The molecule has 0 saturated heterocycles. The molecular weight excluding hydrogens is 304 g/mol. The van der Waals surface area contributed by atoms with E-state index in [1.54, 1.807) is 0 Å². The molecule has 0 bridgehead atoms. The maximum atomic E-state index is 12.4. The Hall–Kier alpha value is -2.33. The van der Waals surface area contributed by atoms with Crippen LogP contribution in [0.4, 0.5) is 0 Å². The van der Waals surface area contributed by atoms with E-state index >= 15 is 0 Å². The minimum Gasteiger partial charge on any atom is -0.360 e. The van der Waals surface area contributed by atoms with Crippen LogP contribution in [0.25, 0.3) is 16.5 Å². The Morgan fingerprint density at radius 3 is 2.91 bits per heavy atom. The van der Waals surface area contributed by atoms with E-state index in [0.29, 0.717) is 6.54 Å². The second-order valence-corrected chi connectivity index (χ2v) is 6.86. The number of hydrogen-bond acceptors (Lipinski definition) is 2. The highest BCUT2D eigenvalue weighted by Gasteiger charge is 2.21. The molecule has 4 heteroatoms. The minimum absolute atomic E-state index is 0.144. The predicted molar refractivity (Wildman–Crippen MR) is 95.9 cm³/mol. The molecule has 3 nitrogen and oxygen atoms in total. The standard InChI is InChI=1S/C19H18N2OS/c1-13-4-2-5-15-16(12-20-18(13)15)14-7-9-21(10-8-14)19(22)17-6-3-11-23-17/h2-7,11-12,20H,8-10H2,1H3. The summed E-state index contributed by atoms with van der Waals surface area (Å²) in [6.45, 7) is 3.59. The van der Waals surface area contributed by atoms with Gasteiger partial charge in [0.2, 0.25) is 0 Å². The van der Waals surface area contributed by atoms with Crippen molar-refractivity contribution in [2.24, 2.45) is 0 Å². The van der Waals surface area contributed by atoms with Crippen LogP contribution in [0.5, 0.6) is 0 Å². The number of thiophene rings is 1. The lowest BCUT2D eigenvalue weighted by molar-refractivity contribution is 0.0777. The van der Waals surface area contributed by atoms with E-state index in [4.69, 9.17) is 0 Å². The molecule has 23 heavy (non-hydrogen) atoms. The number of aryl methyl sites for hydroxylation is 1. The topological polar surface area (TPSA) is 36.1 Å². The summed E-state index contributed by atoms with van der Waals surface area (Å²) in [5, 5.41) is 3.22. The third-order valence-electron chi connectivity index (χ3n) is 4.50. The van der Waals surface area contributed by atoms with Crippen LogP contribution in [0.1, 0.15) is 27.2 Å². The Kier molecular flexibility index (Phi) is 3.54. The number of aromatic nitrogens is 1. The van der Waals surface area contributed by atoms with E-state index in [1.165, 1.54) is 38.9 Å². The second kappa shape index (κ2) is 5.70. The Balaban J connectivity index is 1.60. The van der Waals surface area contributed by atoms with Crippen molar-refractivity contribution in [3.8, 4) is 0 Å². The molecular formula is C19H18N2OS. The molecule has 116 valence electrons. The Morgan fingerprint density at radius 2 is 2.17 bits per heavy atom. The van der Waals surface area contributed by atoms with E-state index < -0.39 is 0 Å². The zero-order valence-electron chi connectivity index (χ0n) is 13.0. The van der Waals surface area contributed by atoms with Gasteiger partial charge in [-0.05, 0) is 35.9 Å². The van der Waals surface area contributed by atoms with Crippen LogP contribution in [-0.2, 0) is 0 Å². The highest BCUT2D eigenvalue weighted by Crippen LogP contribution is 2.30. The van der Waals surface area contributed by atoms with Gasteiger partial charge in [0.15, 0.2) is 0 Å². The van der Waals surface area contributed by atoms with Crippen molar-refractivity contribution in [2.75, 3.05) is 13.1 Å². The van der Waals surface area contributed by atoms with Crippen molar-refractivity contribution in [1.29, 1.82) is 0 Å². The van der Waals surface area contributed by atoms with Crippen LogP contribution in [0.2, 0.25) is 0 Å². The Bertz CT molecular complexity index is 889. The highest BCUT2D eigenvalue weighted by molar-refractivity contribution is 7.12. The first-order valence-electron chi connectivity index (χ1n) is 7.83. The fraction of sp³-hybridized carbons (Fsp3) is 0.211. The van der Waals surface area contributed by atoms with Gasteiger partial charge in [-0.2, -0.15) is 0 Å². The molecule has 1 amide bonds. The number of nitrogens with zero attached hydrogens (tertiary/aromatic N) is 1. The van der Waals surface area contributed by atoms with Gasteiger partial charge in [-0.25, -0.2) is 0 Å². The molecule has 4 rings (SSSR count). The minimum atomic E-state index is 0.144. The third kappa shape index (κ3) is 2.49. The van der Waals surface area contributed by atoms with Gasteiger partial charge in [-0.1, -0.05) is 30.3 Å². The van der Waals surface area contributed by atoms with Crippen LogP contribution in [0.3, 0.4) is 0 Å². The van der Waals surface area contributed by atoms with E-state index in [0.717, 1.165) is 17.8 Å². The van der Waals surface area contributed by atoms with Crippen molar-refractivity contribution in [3.63, 3.8) is 0 Å². The smallest absolute Gasteiger partial charge is 0.264 e. The lowest BCUT2D eigenvalue weighted by atomic mass is 9.98. The third-order valence-corrected chi connectivity index (χ3v) is 5.36. The number of fused-ring (bicyclic) bond motifs is 1. The first-order chi connectivity index (χ1) is 11.2. The zero-order valence-corrected chi connectivity index (χ0v) is 13.8. The second-order valence-electron chi connectivity index (χ2n) is 5.91. The summed E-state index contributed by atoms with van der Waals surface area (Å²) in [6, 6.07) is 10.2. The molecule has 0 saturated carbocycles. The molecule has 3 heterocycles. The number of hydrogen-bond donors (Lipinski definition) is 1. The molecule has 0 spiro atoms. The molecule has 1 aliphatic rings. The summed E-state index contributed by atoms with van der Waals surface area (Å²) in [5.41, 5.74) is 5.07. The number of benzene rings is 1. The van der Waals surface area contributed by atoms with Crippen LogP contribution < -0.4 is 0 Å². The molecule has 3 aromatic rings. The zero-order chi connectivity index (χ0) is 15.8. The number of carbonyl (C=O) groups is 1. The van der Waals surface area contributed by atoms with Gasteiger partial charge in [0.1, 0.15) is 0 Å². The van der Waals surface area contributed by atoms with Crippen molar-refractivity contribution in [3.05, 3.63) is 64.0 Å². The maximum Gasteiger partial charge on any atom is 0.264 e. The summed E-state index contributed by atoms with van der Waals surface area (Å²) < 4.78 is 0. The molecule has 1 N–H and O–H groups in total. The number of carbonyl (C=O) groups excluding carboxylic acids is 1. The Morgan fingerprint density at radius 1 is 1.26 bits per heavy atom. The molecule has 0 aliphatic carbocycles. The average molecular weight is 322 g/mol. The van der Waals surface area contributed by atoms with Gasteiger partial charge >= 0.3 is 0 Å². The Labute approximate surface area is 139 Å². The monoisotopic (exact) mass is 322 g/mol. The molecule has 0 atom stereocenters. The van der Waals surface area contributed by atoms with E-state index in [9.17, 15) is 4.79 Å². The van der Waals surface area contributed by atoms with Crippen molar-refractivity contribution >= 4 is 33.7 Å². The summed E-state index contributed by atoms with van der Waals surface area (Å²) in [4.78, 5) is 18.6. The largest absolute Gasteiger partial charge is 0.360 e. The van der Waals surface area contributed by atoms with Gasteiger partial charge in [-0.3, -0.25) is 4.79 Å². The SMILES string of the molecule is Cc1cccc2c(C3=CCN(C(=O)c4cccs4)CC3)c[nH]c12. The van der Waals surface area contributed by atoms with E-state index in [2.05, 4.69) is 42.4 Å². The number of rotatable bonds is 2.